The molecule has 3 rings (SSSR count). The van der Waals surface area contributed by atoms with E-state index in [9.17, 15) is 5.11 Å². The second kappa shape index (κ2) is 7.39. The van der Waals surface area contributed by atoms with Gasteiger partial charge >= 0.3 is 0 Å². The van der Waals surface area contributed by atoms with Gasteiger partial charge in [0.1, 0.15) is 18.2 Å². The maximum absolute atomic E-state index is 9.66. The standard InChI is InChI=1S/C17H21N3O3/c1-22-10-11-23-15-4-2-13(3-5-15)17-18-8-6-16(19-17)20-9-7-14(21)12-20/h2-6,8,14,21H,7,9-12H2,1H3/t14-/m0/s1. The molecule has 0 radical (unpaired) electrons. The van der Waals surface area contributed by atoms with E-state index >= 15 is 0 Å². The molecule has 1 aromatic heterocycles. The Morgan fingerprint density at radius 1 is 1.22 bits per heavy atom. The molecule has 0 amide bonds. The molecule has 2 heterocycles. The van der Waals surface area contributed by atoms with E-state index in [1.165, 1.54) is 0 Å². The third-order valence-corrected chi connectivity index (χ3v) is 3.80. The van der Waals surface area contributed by atoms with E-state index in [2.05, 4.69) is 14.9 Å². The zero-order chi connectivity index (χ0) is 16.1. The maximum Gasteiger partial charge on any atom is 0.161 e. The first-order valence-corrected chi connectivity index (χ1v) is 7.74. The molecule has 1 aliphatic heterocycles. The summed E-state index contributed by atoms with van der Waals surface area (Å²) in [5.74, 6) is 2.32. The summed E-state index contributed by atoms with van der Waals surface area (Å²) < 4.78 is 10.5. The number of aliphatic hydroxyl groups is 1. The fourth-order valence-electron chi connectivity index (χ4n) is 2.56. The van der Waals surface area contributed by atoms with Crippen LogP contribution in [0.5, 0.6) is 5.75 Å². The number of ether oxygens (including phenoxy) is 2. The van der Waals surface area contributed by atoms with Gasteiger partial charge in [-0.2, -0.15) is 0 Å². The van der Waals surface area contributed by atoms with Crippen molar-refractivity contribution in [2.75, 3.05) is 38.3 Å². The molecule has 1 aromatic carbocycles. The van der Waals surface area contributed by atoms with E-state index in [4.69, 9.17) is 9.47 Å². The highest BCUT2D eigenvalue weighted by molar-refractivity contribution is 5.58. The molecule has 1 atom stereocenters. The lowest BCUT2D eigenvalue weighted by molar-refractivity contribution is 0.146. The Morgan fingerprint density at radius 2 is 2.04 bits per heavy atom. The van der Waals surface area contributed by atoms with Gasteiger partial charge in [0.05, 0.1) is 12.7 Å². The first-order valence-electron chi connectivity index (χ1n) is 7.74. The van der Waals surface area contributed by atoms with Crippen molar-refractivity contribution in [1.82, 2.24) is 9.97 Å². The van der Waals surface area contributed by atoms with E-state index in [0.717, 1.165) is 30.1 Å². The number of hydrogen-bond donors (Lipinski definition) is 1. The van der Waals surface area contributed by atoms with Gasteiger partial charge in [0.2, 0.25) is 0 Å². The summed E-state index contributed by atoms with van der Waals surface area (Å²) in [4.78, 5) is 11.0. The first-order chi connectivity index (χ1) is 11.3. The molecule has 0 bridgehead atoms. The van der Waals surface area contributed by atoms with Crippen LogP contribution in [-0.4, -0.2) is 54.6 Å². The normalized spacial score (nSPS) is 17.5. The summed E-state index contributed by atoms with van der Waals surface area (Å²) in [5.41, 5.74) is 0.936. The molecule has 1 fully saturated rings. The van der Waals surface area contributed by atoms with Gasteiger partial charge in [0, 0.05) is 32.0 Å². The highest BCUT2D eigenvalue weighted by Gasteiger charge is 2.21. The Bertz CT molecular complexity index is 633. The molecule has 1 N–H and O–H groups in total. The van der Waals surface area contributed by atoms with Gasteiger partial charge in [-0.1, -0.05) is 0 Å². The lowest BCUT2D eigenvalue weighted by atomic mass is 10.2. The summed E-state index contributed by atoms with van der Waals surface area (Å²) in [6.45, 7) is 2.54. The number of rotatable bonds is 6. The summed E-state index contributed by atoms with van der Waals surface area (Å²) in [6.07, 6.45) is 2.27. The van der Waals surface area contributed by atoms with Gasteiger partial charge in [-0.15, -0.1) is 0 Å². The first kappa shape index (κ1) is 15.7. The summed E-state index contributed by atoms with van der Waals surface area (Å²) in [7, 11) is 1.65. The number of aromatic nitrogens is 2. The third-order valence-electron chi connectivity index (χ3n) is 3.80. The van der Waals surface area contributed by atoms with Crippen molar-refractivity contribution in [2.45, 2.75) is 12.5 Å². The SMILES string of the molecule is COCCOc1ccc(-c2nccc(N3CC[C@H](O)C3)n2)cc1. The third kappa shape index (κ3) is 3.97. The van der Waals surface area contributed by atoms with E-state index in [0.29, 0.717) is 25.6 Å². The molecular weight excluding hydrogens is 294 g/mol. The van der Waals surface area contributed by atoms with Crippen LogP contribution in [0.1, 0.15) is 6.42 Å². The zero-order valence-electron chi connectivity index (χ0n) is 13.2. The fourth-order valence-corrected chi connectivity index (χ4v) is 2.56. The largest absolute Gasteiger partial charge is 0.491 e. The van der Waals surface area contributed by atoms with Gasteiger partial charge < -0.3 is 19.5 Å². The van der Waals surface area contributed by atoms with Crippen LogP contribution in [-0.2, 0) is 4.74 Å². The Hall–Kier alpha value is -2.18. The number of β-amino-alcohol motifs (C(OH)–C–C–N with tert-alkyl or cyclic N) is 1. The number of nitrogens with zero attached hydrogens (tertiary/aromatic N) is 3. The van der Waals surface area contributed by atoms with E-state index in [1.807, 2.05) is 30.3 Å². The van der Waals surface area contributed by atoms with E-state index < -0.39 is 0 Å². The maximum atomic E-state index is 9.66. The molecule has 122 valence electrons. The van der Waals surface area contributed by atoms with E-state index in [-0.39, 0.29) is 6.10 Å². The highest BCUT2D eigenvalue weighted by atomic mass is 16.5. The van der Waals surface area contributed by atoms with Crippen molar-refractivity contribution < 1.29 is 14.6 Å². The molecule has 0 saturated carbocycles. The van der Waals surface area contributed by atoms with Crippen molar-refractivity contribution in [3.05, 3.63) is 36.5 Å². The summed E-state index contributed by atoms with van der Waals surface area (Å²) in [5, 5.41) is 9.66. The molecular formula is C17H21N3O3. The molecule has 2 aromatic rings. The topological polar surface area (TPSA) is 67.7 Å². The predicted molar refractivity (Wildman–Crippen MR) is 87.7 cm³/mol. The fraction of sp³-hybridized carbons (Fsp3) is 0.412. The molecule has 6 heteroatoms. The number of anilines is 1. The van der Waals surface area contributed by atoms with Gasteiger partial charge in [0.15, 0.2) is 5.82 Å². The van der Waals surface area contributed by atoms with Crippen LogP contribution < -0.4 is 9.64 Å². The smallest absolute Gasteiger partial charge is 0.161 e. The lowest BCUT2D eigenvalue weighted by Crippen LogP contribution is -2.22. The van der Waals surface area contributed by atoms with Crippen LogP contribution in [0.4, 0.5) is 5.82 Å². The molecule has 6 nitrogen and oxygen atoms in total. The van der Waals surface area contributed by atoms with Crippen LogP contribution in [0.25, 0.3) is 11.4 Å². The second-order valence-corrected chi connectivity index (χ2v) is 5.49. The second-order valence-electron chi connectivity index (χ2n) is 5.49. The number of methoxy groups -OCH3 is 1. The van der Waals surface area contributed by atoms with Crippen LogP contribution in [0.2, 0.25) is 0 Å². The number of benzene rings is 1. The van der Waals surface area contributed by atoms with Gasteiger partial charge in [0.25, 0.3) is 0 Å². The van der Waals surface area contributed by atoms with Crippen molar-refractivity contribution in [2.24, 2.45) is 0 Å². The molecule has 1 aliphatic rings. The Balaban J connectivity index is 1.71. The number of hydrogen-bond acceptors (Lipinski definition) is 6. The molecule has 0 aliphatic carbocycles. The van der Waals surface area contributed by atoms with Crippen molar-refractivity contribution >= 4 is 5.82 Å². The van der Waals surface area contributed by atoms with Crippen LogP contribution >= 0.6 is 0 Å². The quantitative estimate of drug-likeness (QED) is 0.819. The Labute approximate surface area is 135 Å². The van der Waals surface area contributed by atoms with Crippen molar-refractivity contribution in [3.63, 3.8) is 0 Å². The Kier molecular flexibility index (Phi) is 5.05. The highest BCUT2D eigenvalue weighted by Crippen LogP contribution is 2.23. The van der Waals surface area contributed by atoms with Crippen LogP contribution in [0.15, 0.2) is 36.5 Å². The minimum Gasteiger partial charge on any atom is -0.491 e. The van der Waals surface area contributed by atoms with Gasteiger partial charge in [-0.05, 0) is 36.8 Å². The molecule has 0 spiro atoms. The van der Waals surface area contributed by atoms with Crippen LogP contribution in [0.3, 0.4) is 0 Å². The predicted octanol–water partition coefficient (Wildman–Crippen LogP) is 1.74. The van der Waals surface area contributed by atoms with Crippen molar-refractivity contribution in [3.8, 4) is 17.1 Å². The number of aliphatic hydroxyl groups excluding tert-OH is 1. The molecule has 0 unspecified atom stereocenters. The molecule has 1 saturated heterocycles. The summed E-state index contributed by atoms with van der Waals surface area (Å²) >= 11 is 0. The van der Waals surface area contributed by atoms with E-state index in [1.54, 1.807) is 13.3 Å². The summed E-state index contributed by atoms with van der Waals surface area (Å²) in [6, 6.07) is 9.57. The van der Waals surface area contributed by atoms with Gasteiger partial charge in [-0.25, -0.2) is 9.97 Å². The van der Waals surface area contributed by atoms with Gasteiger partial charge in [-0.3, -0.25) is 0 Å². The minimum absolute atomic E-state index is 0.267. The average Bonchev–Trinajstić information content (AvgIpc) is 3.02. The average molecular weight is 315 g/mol. The van der Waals surface area contributed by atoms with Crippen LogP contribution in [0, 0.1) is 0 Å². The zero-order valence-corrected chi connectivity index (χ0v) is 13.2. The minimum atomic E-state index is -0.267. The molecule has 23 heavy (non-hydrogen) atoms. The Morgan fingerprint density at radius 3 is 2.74 bits per heavy atom. The monoisotopic (exact) mass is 315 g/mol. The van der Waals surface area contributed by atoms with Crippen molar-refractivity contribution in [1.29, 1.82) is 0 Å². The lowest BCUT2D eigenvalue weighted by Gasteiger charge is -2.16.